The Balaban J connectivity index is 1.87. The quantitative estimate of drug-likeness (QED) is 0.576. The summed E-state index contributed by atoms with van der Waals surface area (Å²) in [5.74, 6) is 0.623. The van der Waals surface area contributed by atoms with Crippen LogP contribution in [0.15, 0.2) is 78.2 Å². The van der Waals surface area contributed by atoms with Crippen molar-refractivity contribution < 1.29 is 0 Å². The second-order valence-corrected chi connectivity index (χ2v) is 4.99. The minimum Gasteiger partial charge on any atom is -0.287 e. The van der Waals surface area contributed by atoms with Crippen LogP contribution in [0.4, 0.5) is 0 Å². The molecule has 0 bridgehead atoms. The zero-order chi connectivity index (χ0) is 16.4. The molecule has 0 saturated heterocycles. The van der Waals surface area contributed by atoms with Crippen LogP contribution >= 0.6 is 0 Å². The van der Waals surface area contributed by atoms with Gasteiger partial charge >= 0.3 is 0 Å². The summed E-state index contributed by atoms with van der Waals surface area (Å²) < 4.78 is 3.23. The van der Waals surface area contributed by atoms with Crippen LogP contribution in [0.2, 0.25) is 0 Å². The summed E-state index contributed by atoms with van der Waals surface area (Å²) in [6, 6.07) is 12.4. The van der Waals surface area contributed by atoms with Crippen molar-refractivity contribution in [3.8, 4) is 22.9 Å². The van der Waals surface area contributed by atoms with Gasteiger partial charge in [-0.2, -0.15) is 10.2 Å². The Morgan fingerprint density at radius 2 is 1.75 bits per heavy atom. The van der Waals surface area contributed by atoms with E-state index in [4.69, 9.17) is 0 Å². The van der Waals surface area contributed by atoms with E-state index >= 15 is 0 Å². The van der Waals surface area contributed by atoms with Gasteiger partial charge in [0.15, 0.2) is 11.5 Å². The van der Waals surface area contributed by atoms with Gasteiger partial charge in [0.2, 0.25) is 5.43 Å². The standard InChI is InChI=1S/C17H12N6O/c24-15-7-12-22(13-4-9-18-10-5-13)21-17(15)14-6-11-20-23(14)16-3-1-2-8-19-16/h1-12H. The lowest BCUT2D eigenvalue weighted by atomic mass is 10.2. The molecular formula is C17H12N6O. The van der Waals surface area contributed by atoms with E-state index in [0.29, 0.717) is 17.2 Å². The predicted octanol–water partition coefficient (Wildman–Crippen LogP) is 1.88. The first-order valence-corrected chi connectivity index (χ1v) is 7.29. The van der Waals surface area contributed by atoms with E-state index in [2.05, 4.69) is 20.2 Å². The van der Waals surface area contributed by atoms with Crippen molar-refractivity contribution in [1.82, 2.24) is 29.5 Å². The van der Waals surface area contributed by atoms with Crippen LogP contribution in [-0.2, 0) is 0 Å². The number of aromatic nitrogens is 6. The number of pyridine rings is 2. The molecule has 7 heteroatoms. The Labute approximate surface area is 136 Å². The summed E-state index contributed by atoms with van der Waals surface area (Å²) >= 11 is 0. The fraction of sp³-hybridized carbons (Fsp3) is 0. The molecule has 4 aromatic rings. The lowest BCUT2D eigenvalue weighted by Crippen LogP contribution is -2.15. The second-order valence-electron chi connectivity index (χ2n) is 4.99. The topological polar surface area (TPSA) is 78.5 Å². The molecule has 0 aliphatic heterocycles. The molecule has 4 aromatic heterocycles. The van der Waals surface area contributed by atoms with Gasteiger partial charge in [-0.15, -0.1) is 0 Å². The third-order valence-electron chi connectivity index (χ3n) is 3.49. The molecule has 0 aliphatic rings. The fourth-order valence-electron chi connectivity index (χ4n) is 2.37. The molecule has 0 amide bonds. The molecule has 116 valence electrons. The van der Waals surface area contributed by atoms with Gasteiger partial charge in [-0.05, 0) is 30.3 Å². The van der Waals surface area contributed by atoms with Gasteiger partial charge < -0.3 is 0 Å². The van der Waals surface area contributed by atoms with E-state index < -0.39 is 0 Å². The molecule has 0 aliphatic carbocycles. The van der Waals surface area contributed by atoms with Crippen molar-refractivity contribution in [2.24, 2.45) is 0 Å². The number of nitrogens with zero attached hydrogens (tertiary/aromatic N) is 6. The van der Waals surface area contributed by atoms with Crippen molar-refractivity contribution in [2.45, 2.75) is 0 Å². The third-order valence-corrected chi connectivity index (χ3v) is 3.49. The van der Waals surface area contributed by atoms with Crippen LogP contribution in [0.25, 0.3) is 22.9 Å². The van der Waals surface area contributed by atoms with Gasteiger partial charge in [0.1, 0.15) is 5.69 Å². The Morgan fingerprint density at radius 1 is 0.875 bits per heavy atom. The van der Waals surface area contributed by atoms with E-state index in [9.17, 15) is 4.79 Å². The maximum Gasteiger partial charge on any atom is 0.209 e. The molecule has 4 heterocycles. The molecule has 0 spiro atoms. The molecule has 4 rings (SSSR count). The molecule has 0 unspecified atom stereocenters. The zero-order valence-corrected chi connectivity index (χ0v) is 12.5. The van der Waals surface area contributed by atoms with Crippen LogP contribution < -0.4 is 5.43 Å². The molecule has 0 N–H and O–H groups in total. The maximum atomic E-state index is 12.3. The van der Waals surface area contributed by atoms with Gasteiger partial charge in [-0.25, -0.2) is 14.3 Å². The van der Waals surface area contributed by atoms with Crippen molar-refractivity contribution in [2.75, 3.05) is 0 Å². The van der Waals surface area contributed by atoms with Crippen molar-refractivity contribution >= 4 is 0 Å². The highest BCUT2D eigenvalue weighted by atomic mass is 16.1. The molecule has 0 aromatic carbocycles. The Kier molecular flexibility index (Phi) is 3.43. The largest absolute Gasteiger partial charge is 0.287 e. The molecule has 0 fully saturated rings. The summed E-state index contributed by atoms with van der Waals surface area (Å²) in [5.41, 5.74) is 1.52. The first-order chi connectivity index (χ1) is 11.8. The molecule has 7 nitrogen and oxygen atoms in total. The van der Waals surface area contributed by atoms with E-state index in [-0.39, 0.29) is 5.43 Å². The van der Waals surface area contributed by atoms with Crippen molar-refractivity contribution in [1.29, 1.82) is 0 Å². The SMILES string of the molecule is O=c1ccn(-c2ccncc2)nc1-c1ccnn1-c1ccccn1. The molecule has 0 radical (unpaired) electrons. The van der Waals surface area contributed by atoms with Gasteiger partial charge in [0.05, 0.1) is 11.9 Å². The number of hydrogen-bond donors (Lipinski definition) is 0. The zero-order valence-electron chi connectivity index (χ0n) is 12.5. The van der Waals surface area contributed by atoms with Crippen LogP contribution in [0.3, 0.4) is 0 Å². The van der Waals surface area contributed by atoms with Crippen molar-refractivity contribution in [3.05, 3.63) is 83.7 Å². The average Bonchev–Trinajstić information content (AvgIpc) is 3.13. The van der Waals surface area contributed by atoms with Gasteiger partial charge in [-0.3, -0.25) is 9.78 Å². The lowest BCUT2D eigenvalue weighted by Gasteiger charge is -2.08. The molecular weight excluding hydrogens is 304 g/mol. The van der Waals surface area contributed by atoms with E-state index in [1.807, 2.05) is 30.3 Å². The molecule has 0 saturated carbocycles. The first-order valence-electron chi connectivity index (χ1n) is 7.29. The van der Waals surface area contributed by atoms with E-state index in [0.717, 1.165) is 5.69 Å². The third kappa shape index (κ3) is 2.48. The second kappa shape index (κ2) is 5.88. The molecule has 24 heavy (non-hydrogen) atoms. The highest BCUT2D eigenvalue weighted by molar-refractivity contribution is 5.56. The highest BCUT2D eigenvalue weighted by Crippen LogP contribution is 2.16. The van der Waals surface area contributed by atoms with Crippen molar-refractivity contribution in [3.63, 3.8) is 0 Å². The van der Waals surface area contributed by atoms with Gasteiger partial charge in [0.25, 0.3) is 0 Å². The van der Waals surface area contributed by atoms with Crippen LogP contribution in [0.1, 0.15) is 0 Å². The predicted molar refractivity (Wildman–Crippen MR) is 88.0 cm³/mol. The number of hydrogen-bond acceptors (Lipinski definition) is 5. The molecule has 0 atom stereocenters. The normalized spacial score (nSPS) is 10.7. The fourth-order valence-corrected chi connectivity index (χ4v) is 2.37. The Bertz CT molecular complexity index is 1020. The smallest absolute Gasteiger partial charge is 0.209 e. The van der Waals surface area contributed by atoms with E-state index in [1.165, 1.54) is 6.07 Å². The summed E-state index contributed by atoms with van der Waals surface area (Å²) in [6.45, 7) is 0. The summed E-state index contributed by atoms with van der Waals surface area (Å²) in [7, 11) is 0. The van der Waals surface area contributed by atoms with Crippen LogP contribution in [0, 0.1) is 0 Å². The van der Waals surface area contributed by atoms with E-state index in [1.54, 1.807) is 46.4 Å². The van der Waals surface area contributed by atoms with Gasteiger partial charge in [-0.1, -0.05) is 6.07 Å². The maximum absolute atomic E-state index is 12.3. The minimum absolute atomic E-state index is 0.182. The Hall–Kier alpha value is -3.61. The Morgan fingerprint density at radius 3 is 2.54 bits per heavy atom. The van der Waals surface area contributed by atoms with Crippen LogP contribution in [0.5, 0.6) is 0 Å². The summed E-state index contributed by atoms with van der Waals surface area (Å²) in [6.07, 6.45) is 8.27. The van der Waals surface area contributed by atoms with Gasteiger partial charge in [0, 0.05) is 30.9 Å². The minimum atomic E-state index is -0.182. The lowest BCUT2D eigenvalue weighted by molar-refractivity contribution is 0.812. The highest BCUT2D eigenvalue weighted by Gasteiger charge is 2.14. The monoisotopic (exact) mass is 316 g/mol. The first kappa shape index (κ1) is 14.0. The summed E-state index contributed by atoms with van der Waals surface area (Å²) in [4.78, 5) is 20.6. The average molecular weight is 316 g/mol. The number of rotatable bonds is 3. The van der Waals surface area contributed by atoms with Crippen LogP contribution in [-0.4, -0.2) is 29.5 Å². The summed E-state index contributed by atoms with van der Waals surface area (Å²) in [5, 5.41) is 8.72.